The highest BCUT2D eigenvalue weighted by Gasteiger charge is 2.22. The van der Waals surface area contributed by atoms with Gasteiger partial charge in [0.25, 0.3) is 0 Å². The van der Waals surface area contributed by atoms with Crippen molar-refractivity contribution in [1.29, 1.82) is 0 Å². The van der Waals surface area contributed by atoms with Crippen molar-refractivity contribution in [3.63, 3.8) is 0 Å². The number of carbonyl (C=O) groups is 4. The second-order valence-corrected chi connectivity index (χ2v) is 7.19. The smallest absolute Gasteiger partial charge is 0.462 e. The van der Waals surface area contributed by atoms with E-state index in [-0.39, 0.29) is 56.1 Å². The molecule has 12 heteroatoms. The van der Waals surface area contributed by atoms with Crippen LogP contribution >= 0.6 is 12.4 Å². The lowest BCUT2D eigenvalue weighted by Crippen LogP contribution is -2.37. The number of ether oxygens (including phenoxy) is 6. The second kappa shape index (κ2) is 15.7. The minimum atomic E-state index is -1.06. The predicted molar refractivity (Wildman–Crippen MR) is 122 cm³/mol. The molecule has 0 radical (unpaired) electrons. The molecule has 34 heavy (non-hydrogen) atoms. The predicted octanol–water partition coefficient (Wildman–Crippen LogP) is 3.18. The second-order valence-electron chi connectivity index (χ2n) is 7.19. The van der Waals surface area contributed by atoms with E-state index in [0.29, 0.717) is 5.56 Å². The first-order chi connectivity index (χ1) is 15.6. The maximum Gasteiger partial charge on any atom is 0.513 e. The Morgan fingerprint density at radius 2 is 1.41 bits per heavy atom. The lowest BCUT2D eigenvalue weighted by atomic mass is 10.1. The maximum atomic E-state index is 12.3. The SMILES string of the molecule is CCOC(=O)Oc1ccc(C[C@H](N)C(=O)O[C@H](C)COC(=O)C(C)C)cc1OC(=O)OCC.Cl. The molecule has 1 aromatic carbocycles. The minimum absolute atomic E-state index is 0. The van der Waals surface area contributed by atoms with Gasteiger partial charge < -0.3 is 34.2 Å². The average Bonchev–Trinajstić information content (AvgIpc) is 2.73. The highest BCUT2D eigenvalue weighted by molar-refractivity contribution is 5.85. The molecular weight excluding hydrogens is 474 g/mol. The number of hydrogen-bond acceptors (Lipinski definition) is 11. The minimum Gasteiger partial charge on any atom is -0.462 e. The third-order valence-electron chi connectivity index (χ3n) is 3.93. The molecule has 0 spiro atoms. The zero-order valence-corrected chi connectivity index (χ0v) is 20.7. The Kier molecular flexibility index (Phi) is 14.3. The number of nitrogens with two attached hydrogens (primary N) is 1. The van der Waals surface area contributed by atoms with Gasteiger partial charge in [0.05, 0.1) is 19.1 Å². The molecule has 1 aromatic rings. The maximum absolute atomic E-state index is 12.3. The molecule has 0 fully saturated rings. The van der Waals surface area contributed by atoms with Crippen LogP contribution in [-0.2, 0) is 35.0 Å². The lowest BCUT2D eigenvalue weighted by Gasteiger charge is -2.18. The van der Waals surface area contributed by atoms with Gasteiger partial charge in [-0.2, -0.15) is 0 Å². The van der Waals surface area contributed by atoms with Crippen LogP contribution in [0, 0.1) is 5.92 Å². The number of halogens is 1. The monoisotopic (exact) mass is 505 g/mol. The van der Waals surface area contributed by atoms with E-state index in [2.05, 4.69) is 0 Å². The molecule has 1 rings (SSSR count). The first kappa shape index (κ1) is 30.9. The molecule has 0 saturated carbocycles. The van der Waals surface area contributed by atoms with E-state index in [4.69, 9.17) is 34.2 Å². The topological polar surface area (TPSA) is 150 Å². The van der Waals surface area contributed by atoms with Crippen LogP contribution in [0.3, 0.4) is 0 Å². The first-order valence-electron chi connectivity index (χ1n) is 10.5. The normalized spacial score (nSPS) is 12.0. The van der Waals surface area contributed by atoms with Crippen LogP contribution in [0.4, 0.5) is 9.59 Å². The summed E-state index contributed by atoms with van der Waals surface area (Å²) in [4.78, 5) is 47.2. The average molecular weight is 506 g/mol. The van der Waals surface area contributed by atoms with Gasteiger partial charge in [0, 0.05) is 0 Å². The zero-order valence-electron chi connectivity index (χ0n) is 19.9. The van der Waals surface area contributed by atoms with E-state index in [1.807, 2.05) is 0 Å². The number of benzene rings is 1. The van der Waals surface area contributed by atoms with Crippen LogP contribution in [0.1, 0.15) is 40.2 Å². The third-order valence-corrected chi connectivity index (χ3v) is 3.93. The highest BCUT2D eigenvalue weighted by atomic mass is 35.5. The summed E-state index contributed by atoms with van der Waals surface area (Å²) < 4.78 is 29.8. The summed E-state index contributed by atoms with van der Waals surface area (Å²) in [6.45, 7) is 8.25. The molecule has 0 unspecified atom stereocenters. The fraction of sp³-hybridized carbons (Fsp3) is 0.545. The summed E-state index contributed by atoms with van der Waals surface area (Å²) in [5.74, 6) is -1.60. The van der Waals surface area contributed by atoms with Crippen molar-refractivity contribution in [2.75, 3.05) is 19.8 Å². The van der Waals surface area contributed by atoms with Gasteiger partial charge in [0.15, 0.2) is 11.5 Å². The van der Waals surface area contributed by atoms with Crippen LogP contribution in [0.15, 0.2) is 18.2 Å². The summed E-state index contributed by atoms with van der Waals surface area (Å²) in [5, 5.41) is 0. The van der Waals surface area contributed by atoms with Crippen LogP contribution in [-0.4, -0.2) is 56.2 Å². The van der Waals surface area contributed by atoms with Crippen LogP contribution < -0.4 is 15.2 Å². The van der Waals surface area contributed by atoms with E-state index in [0.717, 1.165) is 0 Å². The van der Waals surface area contributed by atoms with E-state index < -0.39 is 36.4 Å². The Bertz CT molecular complexity index is 830. The van der Waals surface area contributed by atoms with E-state index >= 15 is 0 Å². The number of rotatable bonds is 11. The summed E-state index contributed by atoms with van der Waals surface area (Å²) in [6, 6.07) is 3.23. The lowest BCUT2D eigenvalue weighted by molar-refractivity contribution is -0.160. The molecule has 0 aliphatic heterocycles. The highest BCUT2D eigenvalue weighted by Crippen LogP contribution is 2.30. The molecule has 0 saturated heterocycles. The van der Waals surface area contributed by atoms with Gasteiger partial charge in [-0.1, -0.05) is 19.9 Å². The van der Waals surface area contributed by atoms with Crippen molar-refractivity contribution >= 4 is 36.7 Å². The van der Waals surface area contributed by atoms with Crippen molar-refractivity contribution in [1.82, 2.24) is 0 Å². The molecule has 11 nitrogen and oxygen atoms in total. The quantitative estimate of drug-likeness (QED) is 0.268. The largest absolute Gasteiger partial charge is 0.513 e. The first-order valence-corrected chi connectivity index (χ1v) is 10.5. The van der Waals surface area contributed by atoms with Crippen molar-refractivity contribution in [2.24, 2.45) is 11.7 Å². The van der Waals surface area contributed by atoms with Gasteiger partial charge in [-0.15, -0.1) is 12.4 Å². The molecule has 0 bridgehead atoms. The number of carbonyl (C=O) groups excluding carboxylic acids is 4. The molecule has 2 N–H and O–H groups in total. The van der Waals surface area contributed by atoms with Crippen LogP contribution in [0.2, 0.25) is 0 Å². The van der Waals surface area contributed by atoms with Crippen molar-refractivity contribution in [3.8, 4) is 11.5 Å². The van der Waals surface area contributed by atoms with Gasteiger partial charge in [0.2, 0.25) is 0 Å². The molecule has 0 aliphatic carbocycles. The molecule has 2 atom stereocenters. The molecule has 0 heterocycles. The molecule has 0 amide bonds. The zero-order chi connectivity index (χ0) is 25.0. The van der Waals surface area contributed by atoms with Gasteiger partial charge >= 0.3 is 24.2 Å². The fourth-order valence-corrected chi connectivity index (χ4v) is 2.34. The Labute approximate surface area is 204 Å². The Balaban J connectivity index is 0.0000109. The van der Waals surface area contributed by atoms with E-state index in [1.54, 1.807) is 34.6 Å². The van der Waals surface area contributed by atoms with Gasteiger partial charge in [-0.3, -0.25) is 9.59 Å². The number of esters is 2. The van der Waals surface area contributed by atoms with E-state index in [9.17, 15) is 19.2 Å². The van der Waals surface area contributed by atoms with Crippen molar-refractivity contribution in [3.05, 3.63) is 23.8 Å². The summed E-state index contributed by atoms with van der Waals surface area (Å²) >= 11 is 0. The molecule has 0 aromatic heterocycles. The fourth-order valence-electron chi connectivity index (χ4n) is 2.34. The Morgan fingerprint density at radius 3 is 1.94 bits per heavy atom. The van der Waals surface area contributed by atoms with E-state index in [1.165, 1.54) is 18.2 Å². The summed E-state index contributed by atoms with van der Waals surface area (Å²) in [5.41, 5.74) is 6.43. The van der Waals surface area contributed by atoms with Crippen LogP contribution in [0.5, 0.6) is 11.5 Å². The molecule has 192 valence electrons. The van der Waals surface area contributed by atoms with Crippen molar-refractivity contribution < 1.29 is 47.6 Å². The van der Waals surface area contributed by atoms with Crippen LogP contribution in [0.25, 0.3) is 0 Å². The van der Waals surface area contributed by atoms with Gasteiger partial charge in [-0.05, 0) is 44.9 Å². The van der Waals surface area contributed by atoms with Gasteiger partial charge in [-0.25, -0.2) is 9.59 Å². The Hall–Kier alpha value is -3.05. The number of hydrogen-bond donors (Lipinski definition) is 1. The van der Waals surface area contributed by atoms with Crippen molar-refractivity contribution in [2.45, 2.75) is 53.2 Å². The standard InChI is InChI=1S/C22H31NO10.ClH/c1-6-28-21(26)32-17-9-8-15(11-18(17)33-22(27)29-7-2)10-16(23)20(25)31-14(5)12-30-19(24)13(3)4;/h8-9,11,13-14,16H,6-7,10,12,23H2,1-5H3;1H/t14-,16+;/m1./s1. The molecule has 0 aliphatic rings. The molecular formula is C22H32ClNO10. The summed E-state index contributed by atoms with van der Waals surface area (Å²) in [7, 11) is 0. The third kappa shape index (κ3) is 11.2. The summed E-state index contributed by atoms with van der Waals surface area (Å²) in [6.07, 6.45) is -2.64. The Morgan fingerprint density at radius 1 is 0.853 bits per heavy atom. The van der Waals surface area contributed by atoms with Gasteiger partial charge in [0.1, 0.15) is 18.8 Å².